The summed E-state index contributed by atoms with van der Waals surface area (Å²) in [5.74, 6) is 0. The molecule has 202 valence electrons. The summed E-state index contributed by atoms with van der Waals surface area (Å²) in [5, 5.41) is 5.10. The van der Waals surface area contributed by atoms with Crippen LogP contribution in [0.2, 0.25) is 0 Å². The molecule has 7 aromatic carbocycles. The SMILES string of the molecule is CC(C)(C)c1ccc(-c2c3ccccc3c(-c3cc(-c4ccccc4)ccc3-c3ccccc3)c3ccccc23)cc1. The molecule has 0 amide bonds. The first-order chi connectivity index (χ1) is 20.5. The molecule has 0 radical (unpaired) electrons. The number of benzene rings is 7. The molecule has 0 aromatic heterocycles. The molecule has 0 aliphatic carbocycles. The van der Waals surface area contributed by atoms with Crippen LogP contribution in [-0.4, -0.2) is 0 Å². The Morgan fingerprint density at radius 3 is 1.31 bits per heavy atom. The highest BCUT2D eigenvalue weighted by Gasteiger charge is 2.20. The molecule has 42 heavy (non-hydrogen) atoms. The van der Waals surface area contributed by atoms with Gasteiger partial charge < -0.3 is 0 Å². The molecule has 0 saturated heterocycles. The van der Waals surface area contributed by atoms with Crippen molar-refractivity contribution >= 4 is 21.5 Å². The van der Waals surface area contributed by atoms with Gasteiger partial charge in [0.05, 0.1) is 0 Å². The van der Waals surface area contributed by atoms with E-state index in [4.69, 9.17) is 0 Å². The molecular weight excluding hydrogens is 504 g/mol. The summed E-state index contributed by atoms with van der Waals surface area (Å²) in [6.45, 7) is 6.82. The molecule has 7 aromatic rings. The van der Waals surface area contributed by atoms with Crippen LogP contribution in [0.4, 0.5) is 0 Å². The van der Waals surface area contributed by atoms with Crippen LogP contribution in [0.3, 0.4) is 0 Å². The zero-order valence-electron chi connectivity index (χ0n) is 24.4. The van der Waals surface area contributed by atoms with Crippen LogP contribution < -0.4 is 0 Å². The Hall–Kier alpha value is -4.94. The zero-order chi connectivity index (χ0) is 28.7. The topological polar surface area (TPSA) is 0 Å². The number of hydrogen-bond donors (Lipinski definition) is 0. The Balaban J connectivity index is 1.57. The van der Waals surface area contributed by atoms with Gasteiger partial charge in [-0.15, -0.1) is 0 Å². The molecule has 0 unspecified atom stereocenters. The van der Waals surface area contributed by atoms with Crippen LogP contribution in [0.5, 0.6) is 0 Å². The summed E-state index contributed by atoms with van der Waals surface area (Å²) in [5.41, 5.74) is 11.5. The average Bonchev–Trinajstić information content (AvgIpc) is 3.04. The fraction of sp³-hybridized carbons (Fsp3) is 0.0952. The Morgan fingerprint density at radius 2 is 0.786 bits per heavy atom. The predicted octanol–water partition coefficient (Wildman–Crippen LogP) is 12.0. The summed E-state index contributed by atoms with van der Waals surface area (Å²) < 4.78 is 0. The number of rotatable bonds is 4. The molecule has 0 heteroatoms. The fourth-order valence-electron chi connectivity index (χ4n) is 6.30. The zero-order valence-corrected chi connectivity index (χ0v) is 24.4. The van der Waals surface area contributed by atoms with Crippen molar-refractivity contribution in [3.63, 3.8) is 0 Å². The van der Waals surface area contributed by atoms with E-state index in [2.05, 4.69) is 172 Å². The summed E-state index contributed by atoms with van der Waals surface area (Å²) in [6, 6.07) is 55.5. The Labute approximate surface area is 248 Å². The second-order valence-corrected chi connectivity index (χ2v) is 12.2. The van der Waals surface area contributed by atoms with Crippen LogP contribution >= 0.6 is 0 Å². The van der Waals surface area contributed by atoms with Crippen LogP contribution in [0.25, 0.3) is 66.1 Å². The van der Waals surface area contributed by atoms with Gasteiger partial charge in [0.25, 0.3) is 0 Å². The highest BCUT2D eigenvalue weighted by Crippen LogP contribution is 2.47. The second kappa shape index (κ2) is 10.5. The highest BCUT2D eigenvalue weighted by atomic mass is 14.2. The van der Waals surface area contributed by atoms with E-state index >= 15 is 0 Å². The molecular formula is C42H34. The molecule has 0 spiro atoms. The highest BCUT2D eigenvalue weighted by molar-refractivity contribution is 6.22. The quantitative estimate of drug-likeness (QED) is 0.196. The maximum atomic E-state index is 2.39. The lowest BCUT2D eigenvalue weighted by Gasteiger charge is -2.22. The summed E-state index contributed by atoms with van der Waals surface area (Å²) in [7, 11) is 0. The first kappa shape index (κ1) is 26.0. The van der Waals surface area contributed by atoms with E-state index in [1.54, 1.807) is 0 Å². The Morgan fingerprint density at radius 1 is 0.333 bits per heavy atom. The van der Waals surface area contributed by atoms with Crippen LogP contribution in [0.15, 0.2) is 152 Å². The van der Waals surface area contributed by atoms with Crippen molar-refractivity contribution in [3.05, 3.63) is 157 Å². The monoisotopic (exact) mass is 538 g/mol. The third-order valence-corrected chi connectivity index (χ3v) is 8.45. The molecule has 0 aliphatic rings. The lowest BCUT2D eigenvalue weighted by molar-refractivity contribution is 0.590. The third-order valence-electron chi connectivity index (χ3n) is 8.45. The van der Waals surface area contributed by atoms with Gasteiger partial charge in [-0.25, -0.2) is 0 Å². The smallest absolute Gasteiger partial charge is 0.00199 e. The van der Waals surface area contributed by atoms with Crippen molar-refractivity contribution in [2.45, 2.75) is 26.2 Å². The Kier molecular flexibility index (Phi) is 6.48. The minimum atomic E-state index is 0.115. The first-order valence-electron chi connectivity index (χ1n) is 14.8. The summed E-state index contributed by atoms with van der Waals surface area (Å²) in [6.07, 6.45) is 0. The van der Waals surface area contributed by atoms with Crippen molar-refractivity contribution in [3.8, 4) is 44.5 Å². The molecule has 0 heterocycles. The van der Waals surface area contributed by atoms with Gasteiger partial charge in [0, 0.05) is 0 Å². The molecule has 0 N–H and O–H groups in total. The van der Waals surface area contributed by atoms with E-state index in [0.717, 1.165) is 0 Å². The van der Waals surface area contributed by atoms with E-state index in [-0.39, 0.29) is 5.41 Å². The van der Waals surface area contributed by atoms with Gasteiger partial charge in [-0.1, -0.05) is 166 Å². The standard InChI is InChI=1S/C42H34/c1-42(2,3)33-25-22-31(23-26-33)40-35-18-10-12-20-37(35)41(38-21-13-11-19-36(38)40)39-28-32(29-14-6-4-7-15-29)24-27-34(39)30-16-8-5-9-17-30/h4-28H,1-3H3. The largest absolute Gasteiger partial charge is 0.0622 e. The van der Waals surface area contributed by atoms with Gasteiger partial charge in [-0.05, 0) is 83.1 Å². The summed E-state index contributed by atoms with van der Waals surface area (Å²) in [4.78, 5) is 0. The van der Waals surface area contributed by atoms with E-state index in [0.29, 0.717) is 0 Å². The van der Waals surface area contributed by atoms with Gasteiger partial charge >= 0.3 is 0 Å². The van der Waals surface area contributed by atoms with Crippen molar-refractivity contribution in [2.75, 3.05) is 0 Å². The third kappa shape index (κ3) is 4.60. The minimum Gasteiger partial charge on any atom is -0.0622 e. The van der Waals surface area contributed by atoms with Gasteiger partial charge in [0.2, 0.25) is 0 Å². The predicted molar refractivity (Wildman–Crippen MR) is 182 cm³/mol. The second-order valence-electron chi connectivity index (χ2n) is 12.2. The lowest BCUT2D eigenvalue weighted by atomic mass is 9.82. The molecule has 0 saturated carbocycles. The van der Waals surface area contributed by atoms with Crippen molar-refractivity contribution < 1.29 is 0 Å². The lowest BCUT2D eigenvalue weighted by Crippen LogP contribution is -2.10. The van der Waals surface area contributed by atoms with Crippen molar-refractivity contribution in [1.82, 2.24) is 0 Å². The number of hydrogen-bond acceptors (Lipinski definition) is 0. The molecule has 0 nitrogen and oxygen atoms in total. The van der Waals surface area contributed by atoms with Gasteiger partial charge in [-0.2, -0.15) is 0 Å². The van der Waals surface area contributed by atoms with Crippen LogP contribution in [-0.2, 0) is 5.41 Å². The fourth-order valence-corrected chi connectivity index (χ4v) is 6.30. The average molecular weight is 539 g/mol. The van der Waals surface area contributed by atoms with E-state index in [9.17, 15) is 0 Å². The van der Waals surface area contributed by atoms with Crippen molar-refractivity contribution in [2.24, 2.45) is 0 Å². The molecule has 0 aliphatic heterocycles. The number of fused-ring (bicyclic) bond motifs is 2. The van der Waals surface area contributed by atoms with Crippen LogP contribution in [0, 0.1) is 0 Å². The molecule has 0 bridgehead atoms. The summed E-state index contributed by atoms with van der Waals surface area (Å²) >= 11 is 0. The van der Waals surface area contributed by atoms with Gasteiger partial charge in [-0.3, -0.25) is 0 Å². The van der Waals surface area contributed by atoms with E-state index in [1.165, 1.54) is 71.6 Å². The van der Waals surface area contributed by atoms with Crippen LogP contribution in [0.1, 0.15) is 26.3 Å². The minimum absolute atomic E-state index is 0.115. The maximum Gasteiger partial charge on any atom is -0.00199 e. The van der Waals surface area contributed by atoms with Gasteiger partial charge in [0.15, 0.2) is 0 Å². The Bertz CT molecular complexity index is 1970. The molecule has 0 fully saturated rings. The molecule has 0 atom stereocenters. The normalized spacial score (nSPS) is 11.7. The molecule has 7 rings (SSSR count). The maximum absolute atomic E-state index is 2.39. The van der Waals surface area contributed by atoms with Crippen molar-refractivity contribution in [1.29, 1.82) is 0 Å². The van der Waals surface area contributed by atoms with E-state index < -0.39 is 0 Å². The first-order valence-corrected chi connectivity index (χ1v) is 14.8. The van der Waals surface area contributed by atoms with E-state index in [1.807, 2.05) is 0 Å². The van der Waals surface area contributed by atoms with Gasteiger partial charge in [0.1, 0.15) is 0 Å².